The third kappa shape index (κ3) is 2.17. The summed E-state index contributed by atoms with van der Waals surface area (Å²) in [6.07, 6.45) is 3.33. The molecular formula is C29H35NO4. The highest BCUT2D eigenvalue weighted by molar-refractivity contribution is 5.89. The maximum atomic E-state index is 13.4. The molecule has 1 aromatic rings. The van der Waals surface area contributed by atoms with E-state index >= 15 is 0 Å². The number of hydrogen-bond acceptors (Lipinski definition) is 5. The fourth-order valence-corrected chi connectivity index (χ4v) is 10.7. The lowest BCUT2D eigenvalue weighted by Gasteiger charge is -2.65. The molecule has 0 amide bonds. The molecule has 7 bridgehead atoms. The Bertz CT molecular complexity index is 1100. The fourth-order valence-electron chi connectivity index (χ4n) is 10.7. The zero-order valence-electron chi connectivity index (χ0n) is 20.2. The lowest BCUT2D eigenvalue weighted by Crippen LogP contribution is -2.69. The predicted octanol–water partition coefficient (Wildman–Crippen LogP) is 3.86. The molecule has 6 fully saturated rings. The van der Waals surface area contributed by atoms with Gasteiger partial charge >= 0.3 is 5.97 Å². The number of fused-ring (bicyclic) bond motifs is 1. The molecule has 2 spiro atoms. The van der Waals surface area contributed by atoms with Crippen LogP contribution in [-0.2, 0) is 9.53 Å². The van der Waals surface area contributed by atoms with Gasteiger partial charge in [-0.1, -0.05) is 38.6 Å². The first-order chi connectivity index (χ1) is 16.3. The van der Waals surface area contributed by atoms with Crippen molar-refractivity contribution in [3.63, 3.8) is 0 Å². The molecule has 0 unspecified atom stereocenters. The molecule has 0 radical (unpaired) electrons. The van der Waals surface area contributed by atoms with Crippen LogP contribution < -0.4 is 0 Å². The van der Waals surface area contributed by atoms with Crippen LogP contribution in [-0.4, -0.2) is 53.1 Å². The number of aliphatic hydroxyl groups is 1. The number of ketones is 1. The Hall–Kier alpha value is -1.98. The first kappa shape index (κ1) is 21.3. The van der Waals surface area contributed by atoms with Gasteiger partial charge in [0.15, 0.2) is 0 Å². The Morgan fingerprint density at radius 3 is 2.76 bits per heavy atom. The summed E-state index contributed by atoms with van der Waals surface area (Å²) in [6, 6.07) is 9.54. The lowest BCUT2D eigenvalue weighted by atomic mass is 9.43. The molecule has 5 aliphatic carbocycles. The van der Waals surface area contributed by atoms with Gasteiger partial charge in [-0.05, 0) is 73.1 Å². The highest BCUT2D eigenvalue weighted by atomic mass is 16.5. The van der Waals surface area contributed by atoms with Crippen molar-refractivity contribution in [2.75, 3.05) is 13.1 Å². The molecule has 34 heavy (non-hydrogen) atoms. The Balaban J connectivity index is 1.40. The average molecular weight is 462 g/mol. The predicted molar refractivity (Wildman–Crippen MR) is 127 cm³/mol. The van der Waals surface area contributed by atoms with Gasteiger partial charge in [0.1, 0.15) is 11.9 Å². The van der Waals surface area contributed by atoms with Crippen LogP contribution in [0.5, 0.6) is 0 Å². The number of hydrogen-bond donors (Lipinski definition) is 1. The highest BCUT2D eigenvalue weighted by Gasteiger charge is 2.85. The quantitative estimate of drug-likeness (QED) is 0.547. The number of rotatable bonds is 3. The van der Waals surface area contributed by atoms with Crippen LogP contribution in [0.1, 0.15) is 56.3 Å². The number of carbonyl (C=O) groups is 2. The number of nitrogens with zero attached hydrogens (tertiary/aromatic N) is 1. The molecule has 7 rings (SSSR count). The van der Waals surface area contributed by atoms with Crippen LogP contribution in [0.25, 0.3) is 0 Å². The summed E-state index contributed by atoms with van der Waals surface area (Å²) in [6.45, 7) is 10.9. The molecule has 1 heterocycles. The number of aliphatic hydroxyl groups excluding tert-OH is 1. The third-order valence-electron chi connectivity index (χ3n) is 11.6. The molecule has 180 valence electrons. The maximum Gasteiger partial charge on any atom is 0.338 e. The zero-order chi connectivity index (χ0) is 23.6. The third-order valence-corrected chi connectivity index (χ3v) is 11.6. The minimum absolute atomic E-state index is 0.0503. The summed E-state index contributed by atoms with van der Waals surface area (Å²) in [5.74, 6) is 0.578. The molecule has 5 saturated carbocycles. The van der Waals surface area contributed by atoms with E-state index in [0.29, 0.717) is 23.8 Å². The average Bonchev–Trinajstić information content (AvgIpc) is 3.36. The van der Waals surface area contributed by atoms with E-state index in [2.05, 4.69) is 25.3 Å². The second-order valence-electron chi connectivity index (χ2n) is 12.4. The molecule has 1 N–H and O–H groups in total. The minimum Gasteiger partial charge on any atom is -0.458 e. The topological polar surface area (TPSA) is 66.8 Å². The molecule has 1 aromatic carbocycles. The number of esters is 1. The van der Waals surface area contributed by atoms with Crippen LogP contribution >= 0.6 is 0 Å². The van der Waals surface area contributed by atoms with Crippen LogP contribution in [0.2, 0.25) is 0 Å². The van der Waals surface area contributed by atoms with Gasteiger partial charge in [-0.15, -0.1) is 0 Å². The minimum atomic E-state index is -0.628. The number of piperidine rings is 1. The highest BCUT2D eigenvalue weighted by Crippen LogP contribution is 2.83. The summed E-state index contributed by atoms with van der Waals surface area (Å²) in [5, 5.41) is 11.7. The van der Waals surface area contributed by atoms with Crippen molar-refractivity contribution < 1.29 is 19.4 Å². The SMILES string of the molecule is C=C1[C@H]2C[C@@]3([C@@H]1O)[C@@H](CC2=O)[C@@]12[C@@H](OC(=O)c4ccccc4)CC[C@@]4(C)CN(CC)[C@H]1[C@@H]3C[C@H]42. The van der Waals surface area contributed by atoms with Gasteiger partial charge in [0.2, 0.25) is 0 Å². The van der Waals surface area contributed by atoms with E-state index in [1.165, 1.54) is 0 Å². The van der Waals surface area contributed by atoms with E-state index in [0.717, 1.165) is 44.3 Å². The molecule has 5 nitrogen and oxygen atoms in total. The molecule has 5 heteroatoms. The number of carbonyl (C=O) groups excluding carboxylic acids is 2. The summed E-state index contributed by atoms with van der Waals surface area (Å²) in [5.41, 5.74) is 0.901. The molecular weight excluding hydrogens is 426 g/mol. The molecule has 6 aliphatic rings. The van der Waals surface area contributed by atoms with Crippen molar-refractivity contribution in [3.05, 3.63) is 48.0 Å². The standard InChI is InChI=1S/C29H35NO4/c1-4-30-15-27(3)11-10-23(34-26(33)17-8-6-5-7-9-17)29-21(27)12-19(24(29)30)28-14-18(16(2)25(28)32)20(31)13-22(28)29/h5-9,18-19,21-25,32H,2,4,10-15H2,1,3H3/t18-,19+,21-,22-,23+,24+,25-,27+,28+,29+/m1/s1. The van der Waals surface area contributed by atoms with E-state index in [1.54, 1.807) is 0 Å². The van der Waals surface area contributed by atoms with Gasteiger partial charge in [0.05, 0.1) is 11.7 Å². The summed E-state index contributed by atoms with van der Waals surface area (Å²) in [7, 11) is 0. The fraction of sp³-hybridized carbons (Fsp3) is 0.655. The second-order valence-corrected chi connectivity index (χ2v) is 12.4. The number of benzene rings is 1. The molecule has 1 aliphatic heterocycles. The van der Waals surface area contributed by atoms with Crippen LogP contribution in [0.15, 0.2) is 42.5 Å². The first-order valence-electron chi connectivity index (χ1n) is 13.2. The van der Waals surface area contributed by atoms with Gasteiger partial charge in [-0.3, -0.25) is 9.69 Å². The number of Topliss-reactive ketones (excluding diaryl/α,β-unsaturated/α-hetero) is 1. The van der Waals surface area contributed by atoms with Crippen LogP contribution in [0.4, 0.5) is 0 Å². The Kier molecular flexibility index (Phi) is 4.15. The maximum absolute atomic E-state index is 13.4. The van der Waals surface area contributed by atoms with Gasteiger partial charge in [0, 0.05) is 35.8 Å². The van der Waals surface area contributed by atoms with E-state index in [1.807, 2.05) is 30.3 Å². The van der Waals surface area contributed by atoms with E-state index < -0.39 is 6.10 Å². The van der Waals surface area contributed by atoms with Crippen molar-refractivity contribution in [2.45, 2.75) is 64.2 Å². The Labute approximate surface area is 201 Å². The van der Waals surface area contributed by atoms with E-state index in [4.69, 9.17) is 4.74 Å². The molecule has 10 atom stereocenters. The van der Waals surface area contributed by atoms with Crippen LogP contribution in [0, 0.1) is 39.9 Å². The molecule has 0 aromatic heterocycles. The smallest absolute Gasteiger partial charge is 0.338 e. The summed E-state index contributed by atoms with van der Waals surface area (Å²) >= 11 is 0. The Morgan fingerprint density at radius 2 is 2.03 bits per heavy atom. The Morgan fingerprint density at radius 1 is 1.26 bits per heavy atom. The van der Waals surface area contributed by atoms with Gasteiger partial charge in [0.25, 0.3) is 0 Å². The van der Waals surface area contributed by atoms with Crippen molar-refractivity contribution in [3.8, 4) is 0 Å². The summed E-state index contributed by atoms with van der Waals surface area (Å²) in [4.78, 5) is 29.4. The molecule has 1 saturated heterocycles. The van der Waals surface area contributed by atoms with Gasteiger partial charge in [-0.25, -0.2) is 4.79 Å². The van der Waals surface area contributed by atoms with Gasteiger partial charge in [-0.2, -0.15) is 0 Å². The number of likely N-dealkylation sites (tertiary alicyclic amines) is 1. The largest absolute Gasteiger partial charge is 0.458 e. The van der Waals surface area contributed by atoms with Crippen molar-refractivity contribution in [2.24, 2.45) is 39.9 Å². The van der Waals surface area contributed by atoms with E-state index in [-0.39, 0.29) is 52.0 Å². The van der Waals surface area contributed by atoms with Gasteiger partial charge < -0.3 is 9.84 Å². The summed E-state index contributed by atoms with van der Waals surface area (Å²) < 4.78 is 6.47. The van der Waals surface area contributed by atoms with Crippen molar-refractivity contribution in [1.29, 1.82) is 0 Å². The second kappa shape index (κ2) is 6.61. The first-order valence-corrected chi connectivity index (χ1v) is 13.2. The van der Waals surface area contributed by atoms with Crippen molar-refractivity contribution >= 4 is 11.8 Å². The van der Waals surface area contributed by atoms with Crippen molar-refractivity contribution in [1.82, 2.24) is 4.90 Å². The van der Waals surface area contributed by atoms with Crippen LogP contribution in [0.3, 0.4) is 0 Å². The zero-order valence-corrected chi connectivity index (χ0v) is 20.2. The monoisotopic (exact) mass is 461 g/mol. The number of ether oxygens (including phenoxy) is 1. The normalized spacial score (nSPS) is 50.4. The lowest BCUT2D eigenvalue weighted by molar-refractivity contribution is -0.211. The van der Waals surface area contributed by atoms with E-state index in [9.17, 15) is 14.7 Å².